The van der Waals surface area contributed by atoms with E-state index in [1.54, 1.807) is 0 Å². The Morgan fingerprint density at radius 3 is 2.71 bits per heavy atom. The zero-order valence-corrected chi connectivity index (χ0v) is 12.9. The summed E-state index contributed by atoms with van der Waals surface area (Å²) < 4.78 is 5.48. The fourth-order valence-corrected chi connectivity index (χ4v) is 2.88. The number of fused-ring (bicyclic) bond motifs is 3. The lowest BCUT2D eigenvalue weighted by atomic mass is 10.0. The number of aromatic amines is 1. The quantitative estimate of drug-likeness (QED) is 0.805. The van der Waals surface area contributed by atoms with Gasteiger partial charge in [0.25, 0.3) is 0 Å². The van der Waals surface area contributed by atoms with E-state index in [-0.39, 0.29) is 6.09 Å². The highest BCUT2D eigenvalue weighted by atomic mass is 16.6. The minimum atomic E-state index is -0.442. The summed E-state index contributed by atoms with van der Waals surface area (Å²) >= 11 is 0. The Hall–Kier alpha value is -1.97. The molecule has 0 spiro atoms. The Balaban J connectivity index is 1.80. The second kappa shape index (κ2) is 5.10. The van der Waals surface area contributed by atoms with E-state index in [4.69, 9.17) is 4.74 Å². The number of rotatable bonds is 0. The molecule has 0 atom stereocenters. The van der Waals surface area contributed by atoms with Crippen molar-refractivity contribution in [3.63, 3.8) is 0 Å². The lowest BCUT2D eigenvalue weighted by Gasteiger charge is -2.26. The molecule has 1 N–H and O–H groups in total. The fourth-order valence-electron chi connectivity index (χ4n) is 2.88. The summed E-state index contributed by atoms with van der Waals surface area (Å²) in [6, 6.07) is 6.42. The van der Waals surface area contributed by atoms with Crippen LogP contribution in [0, 0.1) is 0 Å². The van der Waals surface area contributed by atoms with Crippen molar-refractivity contribution in [3.8, 4) is 0 Å². The standard InChI is InChI=1S/C17H22N2O2/c1-17(2,3)21-16(20)19-10-7-12-4-5-13-6-9-18-15(13)14(12)8-11-19/h4-6,9,18H,7-8,10-11H2,1-3H3. The van der Waals surface area contributed by atoms with Crippen LogP contribution in [0.1, 0.15) is 31.9 Å². The van der Waals surface area contributed by atoms with Gasteiger partial charge >= 0.3 is 6.09 Å². The van der Waals surface area contributed by atoms with Crippen molar-refractivity contribution in [1.29, 1.82) is 0 Å². The number of nitrogens with zero attached hydrogens (tertiary/aromatic N) is 1. The molecule has 0 aliphatic carbocycles. The molecule has 1 aliphatic heterocycles. The molecule has 4 heteroatoms. The Labute approximate surface area is 125 Å². The van der Waals surface area contributed by atoms with Gasteiger partial charge in [0, 0.05) is 24.8 Å². The summed E-state index contributed by atoms with van der Waals surface area (Å²) in [6.45, 7) is 7.13. The van der Waals surface area contributed by atoms with Crippen molar-refractivity contribution in [2.45, 2.75) is 39.2 Å². The first-order valence-corrected chi connectivity index (χ1v) is 7.50. The molecule has 0 bridgehead atoms. The average Bonchev–Trinajstić information content (AvgIpc) is 2.75. The predicted octanol–water partition coefficient (Wildman–Crippen LogP) is 3.50. The van der Waals surface area contributed by atoms with Gasteiger partial charge < -0.3 is 14.6 Å². The van der Waals surface area contributed by atoms with E-state index in [9.17, 15) is 4.79 Å². The highest BCUT2D eigenvalue weighted by Gasteiger charge is 2.24. The normalized spacial score (nSPS) is 15.7. The van der Waals surface area contributed by atoms with E-state index in [2.05, 4.69) is 23.2 Å². The monoisotopic (exact) mass is 286 g/mol. The number of nitrogens with one attached hydrogen (secondary N) is 1. The van der Waals surface area contributed by atoms with Gasteiger partial charge in [-0.25, -0.2) is 4.79 Å². The van der Waals surface area contributed by atoms with Crippen molar-refractivity contribution in [3.05, 3.63) is 35.5 Å². The number of hydrogen-bond donors (Lipinski definition) is 1. The second-order valence-electron chi connectivity index (χ2n) is 6.61. The van der Waals surface area contributed by atoms with E-state index in [0.29, 0.717) is 13.1 Å². The highest BCUT2D eigenvalue weighted by molar-refractivity contribution is 5.84. The zero-order chi connectivity index (χ0) is 15.0. The van der Waals surface area contributed by atoms with E-state index < -0.39 is 5.60 Å². The number of carbonyl (C=O) groups is 1. The molecule has 2 aromatic rings. The third kappa shape index (κ3) is 2.89. The summed E-state index contributed by atoms with van der Waals surface area (Å²) in [7, 11) is 0. The molecule has 2 heterocycles. The van der Waals surface area contributed by atoms with Gasteiger partial charge in [-0.1, -0.05) is 12.1 Å². The highest BCUT2D eigenvalue weighted by Crippen LogP contribution is 2.25. The van der Waals surface area contributed by atoms with Crippen LogP contribution >= 0.6 is 0 Å². The van der Waals surface area contributed by atoms with Crippen molar-refractivity contribution in [1.82, 2.24) is 9.88 Å². The Kier molecular flexibility index (Phi) is 3.40. The number of benzene rings is 1. The lowest BCUT2D eigenvalue weighted by molar-refractivity contribution is 0.0258. The smallest absolute Gasteiger partial charge is 0.410 e. The summed E-state index contributed by atoms with van der Waals surface area (Å²) in [6.07, 6.45) is 3.51. The van der Waals surface area contributed by atoms with Gasteiger partial charge in [-0.15, -0.1) is 0 Å². The molecule has 0 fully saturated rings. The third-order valence-corrected chi connectivity index (χ3v) is 3.87. The molecular formula is C17H22N2O2. The molecular weight excluding hydrogens is 264 g/mol. The van der Waals surface area contributed by atoms with Crippen LogP contribution in [0.4, 0.5) is 4.79 Å². The van der Waals surface area contributed by atoms with Crippen LogP contribution in [0.3, 0.4) is 0 Å². The Morgan fingerprint density at radius 1 is 1.19 bits per heavy atom. The maximum Gasteiger partial charge on any atom is 0.410 e. The van der Waals surface area contributed by atoms with E-state index in [0.717, 1.165) is 12.8 Å². The molecule has 4 nitrogen and oxygen atoms in total. The molecule has 3 rings (SSSR count). The first-order valence-electron chi connectivity index (χ1n) is 7.50. The lowest BCUT2D eigenvalue weighted by Crippen LogP contribution is -2.38. The number of H-pyrrole nitrogens is 1. The maximum atomic E-state index is 12.2. The number of carbonyl (C=O) groups excluding carboxylic acids is 1. The van der Waals surface area contributed by atoms with Crippen LogP contribution in [-0.4, -0.2) is 34.7 Å². The molecule has 0 saturated heterocycles. The second-order valence-corrected chi connectivity index (χ2v) is 6.61. The Morgan fingerprint density at radius 2 is 1.95 bits per heavy atom. The zero-order valence-electron chi connectivity index (χ0n) is 12.9. The van der Waals surface area contributed by atoms with Crippen LogP contribution < -0.4 is 0 Å². The van der Waals surface area contributed by atoms with Crippen LogP contribution in [0.5, 0.6) is 0 Å². The topological polar surface area (TPSA) is 45.3 Å². The summed E-state index contributed by atoms with van der Waals surface area (Å²) in [5.41, 5.74) is 3.43. The average molecular weight is 286 g/mol. The van der Waals surface area contributed by atoms with E-state index >= 15 is 0 Å². The number of hydrogen-bond acceptors (Lipinski definition) is 2. The van der Waals surface area contributed by atoms with Gasteiger partial charge in [-0.2, -0.15) is 0 Å². The molecule has 21 heavy (non-hydrogen) atoms. The van der Waals surface area contributed by atoms with Gasteiger partial charge in [-0.05, 0) is 56.2 Å². The van der Waals surface area contributed by atoms with Crippen LogP contribution in [0.25, 0.3) is 10.9 Å². The van der Waals surface area contributed by atoms with E-state index in [1.807, 2.05) is 31.9 Å². The van der Waals surface area contributed by atoms with Crippen LogP contribution in [-0.2, 0) is 17.6 Å². The molecule has 0 unspecified atom stereocenters. The van der Waals surface area contributed by atoms with Crippen molar-refractivity contribution in [2.75, 3.05) is 13.1 Å². The summed E-state index contributed by atoms with van der Waals surface area (Å²) in [5, 5.41) is 1.24. The molecule has 112 valence electrons. The van der Waals surface area contributed by atoms with Gasteiger partial charge in [0.2, 0.25) is 0 Å². The van der Waals surface area contributed by atoms with Gasteiger partial charge in [0.1, 0.15) is 5.60 Å². The van der Waals surface area contributed by atoms with Crippen molar-refractivity contribution in [2.24, 2.45) is 0 Å². The molecule has 1 amide bonds. The maximum absolute atomic E-state index is 12.2. The summed E-state index contributed by atoms with van der Waals surface area (Å²) in [4.78, 5) is 17.4. The van der Waals surface area contributed by atoms with Crippen LogP contribution in [0.2, 0.25) is 0 Å². The van der Waals surface area contributed by atoms with E-state index in [1.165, 1.54) is 22.0 Å². The summed E-state index contributed by atoms with van der Waals surface area (Å²) in [5.74, 6) is 0. The first-order chi connectivity index (χ1) is 9.94. The molecule has 0 radical (unpaired) electrons. The predicted molar refractivity (Wildman–Crippen MR) is 83.5 cm³/mol. The Bertz CT molecular complexity index is 667. The molecule has 0 saturated carbocycles. The van der Waals surface area contributed by atoms with Gasteiger partial charge in [0.15, 0.2) is 0 Å². The number of amides is 1. The van der Waals surface area contributed by atoms with Crippen molar-refractivity contribution >= 4 is 17.0 Å². The van der Waals surface area contributed by atoms with Gasteiger partial charge in [-0.3, -0.25) is 0 Å². The minimum Gasteiger partial charge on any atom is -0.444 e. The number of aromatic nitrogens is 1. The fraction of sp³-hybridized carbons (Fsp3) is 0.471. The minimum absolute atomic E-state index is 0.210. The molecule has 1 aromatic carbocycles. The van der Waals surface area contributed by atoms with Crippen LogP contribution in [0.15, 0.2) is 24.4 Å². The third-order valence-electron chi connectivity index (χ3n) is 3.87. The first kappa shape index (κ1) is 14.0. The molecule has 1 aliphatic rings. The number of ether oxygens (including phenoxy) is 1. The molecule has 1 aromatic heterocycles. The van der Waals surface area contributed by atoms with Gasteiger partial charge in [0.05, 0.1) is 0 Å². The largest absolute Gasteiger partial charge is 0.444 e. The van der Waals surface area contributed by atoms with Crippen molar-refractivity contribution < 1.29 is 9.53 Å². The SMILES string of the molecule is CC(C)(C)OC(=O)N1CCc2ccc3cc[nH]c3c2CC1.